The lowest BCUT2D eigenvalue weighted by atomic mass is 10.2. The van der Waals surface area contributed by atoms with Crippen molar-refractivity contribution in [3.63, 3.8) is 0 Å². The van der Waals surface area contributed by atoms with E-state index in [1.165, 1.54) is 32.9 Å². The zero-order valence-electron chi connectivity index (χ0n) is 19.7. The molecule has 0 N–H and O–H groups in total. The average molecular weight is 523 g/mol. The molecule has 2 aliphatic rings. The minimum absolute atomic E-state index is 0.114. The number of hydrogen-bond acceptors (Lipinski definition) is 8. The Kier molecular flexibility index (Phi) is 8.04. The topological polar surface area (TPSA) is 112 Å². The van der Waals surface area contributed by atoms with E-state index < -0.39 is 20.0 Å². The molecule has 2 aliphatic heterocycles. The summed E-state index contributed by atoms with van der Waals surface area (Å²) in [5.74, 6) is 0.628. The van der Waals surface area contributed by atoms with Gasteiger partial charge in [0, 0.05) is 26.2 Å². The van der Waals surface area contributed by atoms with Crippen molar-refractivity contribution in [1.29, 1.82) is 0 Å². The van der Waals surface area contributed by atoms with Crippen LogP contribution in [-0.4, -0.2) is 85.7 Å². The average Bonchev–Trinajstić information content (AvgIpc) is 2.87. The first-order chi connectivity index (χ1) is 16.7. The molecular formula is C22H28BN2O8S2. The molecule has 0 atom stereocenters. The number of morpholine rings is 2. The van der Waals surface area contributed by atoms with Crippen LogP contribution in [0, 0.1) is 13.8 Å². The molecule has 2 heterocycles. The summed E-state index contributed by atoms with van der Waals surface area (Å²) >= 11 is 0. The van der Waals surface area contributed by atoms with Crippen LogP contribution >= 0.6 is 0 Å². The van der Waals surface area contributed by atoms with Gasteiger partial charge >= 0.3 is 7.69 Å². The van der Waals surface area contributed by atoms with Gasteiger partial charge in [-0.25, -0.2) is 16.8 Å². The summed E-state index contributed by atoms with van der Waals surface area (Å²) < 4.78 is 76.3. The molecule has 0 aliphatic carbocycles. The van der Waals surface area contributed by atoms with Crippen molar-refractivity contribution in [2.24, 2.45) is 0 Å². The van der Waals surface area contributed by atoms with E-state index in [1.807, 2.05) is 0 Å². The molecule has 2 aromatic carbocycles. The fourth-order valence-electron chi connectivity index (χ4n) is 3.74. The van der Waals surface area contributed by atoms with Gasteiger partial charge in [0.25, 0.3) is 0 Å². The van der Waals surface area contributed by atoms with Crippen molar-refractivity contribution in [3.8, 4) is 11.5 Å². The number of hydrogen-bond donors (Lipinski definition) is 0. The van der Waals surface area contributed by atoms with Crippen molar-refractivity contribution in [3.05, 3.63) is 47.5 Å². The molecule has 0 aromatic heterocycles. The number of benzene rings is 2. The molecule has 0 saturated carbocycles. The van der Waals surface area contributed by atoms with Crippen LogP contribution in [0.25, 0.3) is 0 Å². The predicted molar refractivity (Wildman–Crippen MR) is 129 cm³/mol. The quantitative estimate of drug-likeness (QED) is 0.477. The van der Waals surface area contributed by atoms with Crippen LogP contribution in [-0.2, 0) is 29.5 Å². The van der Waals surface area contributed by atoms with Crippen molar-refractivity contribution in [1.82, 2.24) is 8.61 Å². The van der Waals surface area contributed by atoms with Crippen LogP contribution in [0.4, 0.5) is 0 Å². The lowest BCUT2D eigenvalue weighted by Gasteiger charge is -2.26. The van der Waals surface area contributed by atoms with E-state index in [1.54, 1.807) is 26.0 Å². The van der Waals surface area contributed by atoms with Gasteiger partial charge in [-0.2, -0.15) is 8.61 Å². The zero-order chi connectivity index (χ0) is 25.1. The first-order valence-electron chi connectivity index (χ1n) is 11.2. The smallest absolute Gasteiger partial charge is 0.526 e. The second-order valence-electron chi connectivity index (χ2n) is 8.22. The largest absolute Gasteiger partial charge is 0.658 e. The van der Waals surface area contributed by atoms with Crippen molar-refractivity contribution in [2.75, 3.05) is 52.6 Å². The molecule has 4 rings (SSSR count). The lowest BCUT2D eigenvalue weighted by Crippen LogP contribution is -2.40. The monoisotopic (exact) mass is 523 g/mol. The molecule has 2 fully saturated rings. The highest BCUT2D eigenvalue weighted by Crippen LogP contribution is 2.27. The van der Waals surface area contributed by atoms with Crippen LogP contribution in [0.5, 0.6) is 11.5 Å². The van der Waals surface area contributed by atoms with Crippen molar-refractivity contribution >= 4 is 27.7 Å². The number of rotatable bonds is 8. The van der Waals surface area contributed by atoms with Crippen molar-refractivity contribution < 1.29 is 35.6 Å². The Morgan fingerprint density at radius 2 is 1.06 bits per heavy atom. The van der Waals surface area contributed by atoms with E-state index in [-0.39, 0.29) is 9.79 Å². The van der Waals surface area contributed by atoms with Crippen LogP contribution in [0.1, 0.15) is 11.1 Å². The third-order valence-electron chi connectivity index (χ3n) is 5.89. The van der Waals surface area contributed by atoms with Gasteiger partial charge in [0.2, 0.25) is 20.0 Å². The van der Waals surface area contributed by atoms with E-state index >= 15 is 0 Å². The summed E-state index contributed by atoms with van der Waals surface area (Å²) in [7, 11) is -6.29. The second kappa shape index (κ2) is 10.8. The summed E-state index contributed by atoms with van der Waals surface area (Å²) in [5.41, 5.74) is 1.43. The summed E-state index contributed by atoms with van der Waals surface area (Å²) in [6.45, 7) is 6.19. The van der Waals surface area contributed by atoms with Crippen LogP contribution in [0.3, 0.4) is 0 Å². The molecule has 2 saturated heterocycles. The van der Waals surface area contributed by atoms with Gasteiger partial charge < -0.3 is 18.8 Å². The highest BCUT2D eigenvalue weighted by Gasteiger charge is 2.28. The lowest BCUT2D eigenvalue weighted by molar-refractivity contribution is 0.0730. The van der Waals surface area contributed by atoms with Crippen LogP contribution < -0.4 is 9.31 Å². The van der Waals surface area contributed by atoms with Crippen LogP contribution in [0.15, 0.2) is 46.2 Å². The van der Waals surface area contributed by atoms with Gasteiger partial charge in [-0.3, -0.25) is 0 Å². The van der Waals surface area contributed by atoms with Gasteiger partial charge in [0.05, 0.1) is 36.2 Å². The zero-order valence-corrected chi connectivity index (χ0v) is 21.3. The number of aryl methyl sites for hydroxylation is 2. The molecule has 0 amide bonds. The van der Waals surface area contributed by atoms with E-state index in [0.717, 1.165) is 7.69 Å². The summed E-state index contributed by atoms with van der Waals surface area (Å²) in [6, 6.07) is 9.31. The minimum atomic E-state index is -3.68. The normalized spacial score (nSPS) is 18.2. The number of nitrogens with zero attached hydrogens (tertiary/aromatic N) is 2. The molecule has 1 radical (unpaired) electrons. The molecule has 0 unspecified atom stereocenters. The molecule has 0 spiro atoms. The van der Waals surface area contributed by atoms with Gasteiger partial charge in [-0.15, -0.1) is 0 Å². The predicted octanol–water partition coefficient (Wildman–Crippen LogP) is 1.34. The van der Waals surface area contributed by atoms with E-state index in [4.69, 9.17) is 18.8 Å². The molecule has 2 aromatic rings. The summed E-state index contributed by atoms with van der Waals surface area (Å²) in [4.78, 5) is 0.228. The number of sulfonamides is 2. The molecule has 10 nitrogen and oxygen atoms in total. The maximum atomic E-state index is 13.0. The van der Waals surface area contributed by atoms with E-state index in [0.29, 0.717) is 75.2 Å². The van der Waals surface area contributed by atoms with Gasteiger partial charge in [-0.05, 0) is 49.2 Å². The third kappa shape index (κ3) is 5.81. The molecular weight excluding hydrogens is 495 g/mol. The first-order valence-corrected chi connectivity index (χ1v) is 14.1. The Labute approximate surface area is 207 Å². The maximum absolute atomic E-state index is 13.0. The Morgan fingerprint density at radius 3 is 1.43 bits per heavy atom. The highest BCUT2D eigenvalue weighted by molar-refractivity contribution is 7.89. The Morgan fingerprint density at radius 1 is 0.686 bits per heavy atom. The standard InChI is InChI=1S/C22H28BN2O8S2/c1-17-3-5-19(34(26,27)24-7-11-30-12-8-24)15-21(17)32-23-33-22-16-20(6-4-18(22)2)35(28,29)25-9-13-31-14-10-25/h3-6,15-16H,7-14H2,1-2H3. The second-order valence-corrected chi connectivity index (χ2v) is 12.1. The fraction of sp³-hybridized carbons (Fsp3) is 0.455. The number of ether oxygens (including phenoxy) is 2. The van der Waals surface area contributed by atoms with Crippen LogP contribution in [0.2, 0.25) is 0 Å². The highest BCUT2D eigenvalue weighted by atomic mass is 32.2. The minimum Gasteiger partial charge on any atom is -0.526 e. The fourth-order valence-corrected chi connectivity index (χ4v) is 6.58. The maximum Gasteiger partial charge on any atom is 0.658 e. The summed E-state index contributed by atoms with van der Waals surface area (Å²) in [6.07, 6.45) is 0. The first kappa shape index (κ1) is 25.9. The van der Waals surface area contributed by atoms with Crippen molar-refractivity contribution in [2.45, 2.75) is 23.6 Å². The van der Waals surface area contributed by atoms with Gasteiger partial charge in [0.1, 0.15) is 11.5 Å². The van der Waals surface area contributed by atoms with E-state index in [9.17, 15) is 16.8 Å². The third-order valence-corrected chi connectivity index (χ3v) is 9.67. The Bertz CT molecular complexity index is 1160. The Balaban J connectivity index is 1.46. The van der Waals surface area contributed by atoms with E-state index in [2.05, 4.69) is 0 Å². The molecule has 189 valence electrons. The van der Waals surface area contributed by atoms with Gasteiger partial charge in [0.15, 0.2) is 0 Å². The molecule has 0 bridgehead atoms. The Hall–Kier alpha value is -2.16. The molecule has 13 heteroatoms. The SMILES string of the molecule is Cc1ccc(S(=O)(=O)N2CCOCC2)cc1O[B]Oc1cc(S(=O)(=O)N2CCOCC2)ccc1C. The molecule has 35 heavy (non-hydrogen) atoms. The summed E-state index contributed by atoms with van der Waals surface area (Å²) in [5, 5.41) is 0. The van der Waals surface area contributed by atoms with Gasteiger partial charge in [-0.1, -0.05) is 12.1 Å².